The van der Waals surface area contributed by atoms with Crippen molar-refractivity contribution in [2.45, 2.75) is 64.2 Å². The second kappa shape index (κ2) is 13.8. The average Bonchev–Trinajstić information content (AvgIpc) is 2.64. The molecule has 0 aromatic carbocycles. The summed E-state index contributed by atoms with van der Waals surface area (Å²) in [5, 5.41) is 25.5. The molecule has 12 heteroatoms. The molecule has 4 unspecified atom stereocenters. The van der Waals surface area contributed by atoms with Gasteiger partial charge in [0, 0.05) is 6.42 Å². The Morgan fingerprint density at radius 3 is 1.87 bits per heavy atom. The topological polar surface area (TPSA) is 188 Å². The normalized spacial score (nSPS) is 14.9. The molecule has 7 N–H and O–H groups in total. The highest BCUT2D eigenvalue weighted by Gasteiger charge is 2.31. The predicted octanol–water partition coefficient (Wildman–Crippen LogP) is -0.853. The van der Waals surface area contributed by atoms with Crippen molar-refractivity contribution in [2.75, 3.05) is 12.0 Å². The zero-order valence-electron chi connectivity index (χ0n) is 17.6. The highest BCUT2D eigenvalue weighted by Crippen LogP contribution is 2.07. The van der Waals surface area contributed by atoms with Crippen LogP contribution >= 0.6 is 11.8 Å². The molecule has 0 saturated heterocycles. The number of hydrogen-bond acceptors (Lipinski definition) is 7. The van der Waals surface area contributed by atoms with E-state index in [1.165, 1.54) is 18.7 Å². The van der Waals surface area contributed by atoms with Crippen LogP contribution in [0.3, 0.4) is 0 Å². The summed E-state index contributed by atoms with van der Waals surface area (Å²) in [6, 6.07) is -4.31. The Balaban J connectivity index is 5.40. The van der Waals surface area contributed by atoms with Gasteiger partial charge in [-0.05, 0) is 37.7 Å². The number of carbonyl (C=O) groups excluding carboxylic acids is 3. The first-order valence-corrected chi connectivity index (χ1v) is 10.9. The van der Waals surface area contributed by atoms with E-state index >= 15 is 0 Å². The lowest BCUT2D eigenvalue weighted by Crippen LogP contribution is -2.58. The molecular weight excluding hydrogens is 416 g/mol. The van der Waals surface area contributed by atoms with Crippen LogP contribution in [-0.2, 0) is 24.0 Å². The van der Waals surface area contributed by atoms with Gasteiger partial charge in [0.2, 0.25) is 17.7 Å². The van der Waals surface area contributed by atoms with Crippen molar-refractivity contribution < 1.29 is 34.2 Å². The molecule has 0 rings (SSSR count). The summed E-state index contributed by atoms with van der Waals surface area (Å²) in [5.74, 6) is -4.32. The van der Waals surface area contributed by atoms with Crippen molar-refractivity contribution in [1.82, 2.24) is 16.0 Å². The molecular formula is C18H32N4O7S. The summed E-state index contributed by atoms with van der Waals surface area (Å²) in [6.07, 6.45) is 1.30. The molecule has 172 valence electrons. The molecule has 0 saturated carbocycles. The second-order valence-corrected chi connectivity index (χ2v) is 8.18. The van der Waals surface area contributed by atoms with Gasteiger partial charge in [-0.15, -0.1) is 0 Å². The SMILES string of the molecule is CSCCC(NC(=O)C(CCC(=O)O)NC(=O)C(NC(=O)C(C)N)C(C)C)C(=O)O. The summed E-state index contributed by atoms with van der Waals surface area (Å²) < 4.78 is 0. The predicted molar refractivity (Wildman–Crippen MR) is 112 cm³/mol. The number of carbonyl (C=O) groups is 5. The van der Waals surface area contributed by atoms with Crippen LogP contribution < -0.4 is 21.7 Å². The Morgan fingerprint density at radius 2 is 1.43 bits per heavy atom. The van der Waals surface area contributed by atoms with E-state index in [0.717, 1.165) is 0 Å². The Hall–Kier alpha value is -2.34. The number of carboxylic acids is 2. The number of thioether (sulfide) groups is 1. The quantitative estimate of drug-likeness (QED) is 0.197. The van der Waals surface area contributed by atoms with Crippen LogP contribution in [0.5, 0.6) is 0 Å². The molecule has 0 spiro atoms. The molecule has 0 aromatic rings. The minimum atomic E-state index is -1.28. The fourth-order valence-electron chi connectivity index (χ4n) is 2.38. The lowest BCUT2D eigenvalue weighted by Gasteiger charge is -2.26. The number of carboxylic acid groups (broad SMARTS) is 2. The maximum atomic E-state index is 12.7. The van der Waals surface area contributed by atoms with Gasteiger partial charge in [-0.1, -0.05) is 13.8 Å². The third-order valence-electron chi connectivity index (χ3n) is 4.17. The maximum Gasteiger partial charge on any atom is 0.326 e. The highest BCUT2D eigenvalue weighted by atomic mass is 32.2. The van der Waals surface area contributed by atoms with E-state index in [9.17, 15) is 29.1 Å². The van der Waals surface area contributed by atoms with E-state index in [0.29, 0.717) is 5.75 Å². The van der Waals surface area contributed by atoms with Crippen molar-refractivity contribution >= 4 is 41.4 Å². The molecule has 0 aliphatic heterocycles. The molecule has 0 fully saturated rings. The second-order valence-electron chi connectivity index (χ2n) is 7.19. The van der Waals surface area contributed by atoms with Gasteiger partial charge in [0.1, 0.15) is 18.1 Å². The number of rotatable bonds is 14. The third-order valence-corrected chi connectivity index (χ3v) is 4.81. The van der Waals surface area contributed by atoms with Crippen molar-refractivity contribution in [1.29, 1.82) is 0 Å². The number of amides is 3. The molecule has 4 atom stereocenters. The summed E-state index contributed by atoms with van der Waals surface area (Å²) in [7, 11) is 0. The number of hydrogen-bond donors (Lipinski definition) is 6. The minimum absolute atomic E-state index is 0.168. The van der Waals surface area contributed by atoms with E-state index in [4.69, 9.17) is 10.8 Å². The van der Waals surface area contributed by atoms with Crippen LogP contribution in [0.2, 0.25) is 0 Å². The van der Waals surface area contributed by atoms with Crippen LogP contribution in [0.25, 0.3) is 0 Å². The van der Waals surface area contributed by atoms with Gasteiger partial charge in [0.15, 0.2) is 0 Å². The first kappa shape index (κ1) is 27.7. The van der Waals surface area contributed by atoms with Gasteiger partial charge < -0.3 is 31.9 Å². The molecule has 30 heavy (non-hydrogen) atoms. The van der Waals surface area contributed by atoms with Gasteiger partial charge in [0.05, 0.1) is 6.04 Å². The van der Waals surface area contributed by atoms with E-state index in [1.54, 1.807) is 20.1 Å². The molecule has 11 nitrogen and oxygen atoms in total. The molecule has 0 radical (unpaired) electrons. The molecule has 0 bridgehead atoms. The Kier molecular flexibility index (Phi) is 12.7. The smallest absolute Gasteiger partial charge is 0.326 e. The maximum absolute atomic E-state index is 12.7. The lowest BCUT2D eigenvalue weighted by atomic mass is 10.0. The molecule has 0 aliphatic carbocycles. The van der Waals surface area contributed by atoms with Crippen LogP contribution in [0.4, 0.5) is 0 Å². The summed E-state index contributed by atoms with van der Waals surface area (Å²) >= 11 is 1.41. The third kappa shape index (κ3) is 10.4. The summed E-state index contributed by atoms with van der Waals surface area (Å²) in [5.41, 5.74) is 5.51. The summed E-state index contributed by atoms with van der Waals surface area (Å²) in [6.45, 7) is 4.82. The Labute approximate surface area is 179 Å². The van der Waals surface area contributed by atoms with Crippen molar-refractivity contribution in [2.24, 2.45) is 11.7 Å². The average molecular weight is 449 g/mol. The van der Waals surface area contributed by atoms with Crippen LogP contribution in [-0.4, -0.2) is 76.0 Å². The fourth-order valence-corrected chi connectivity index (χ4v) is 2.85. The largest absolute Gasteiger partial charge is 0.481 e. The minimum Gasteiger partial charge on any atom is -0.481 e. The van der Waals surface area contributed by atoms with Crippen LogP contribution in [0.1, 0.15) is 40.0 Å². The zero-order chi connectivity index (χ0) is 23.4. The number of nitrogens with two attached hydrogens (primary N) is 1. The first-order chi connectivity index (χ1) is 13.9. The van der Waals surface area contributed by atoms with Crippen molar-refractivity contribution in [3.05, 3.63) is 0 Å². The zero-order valence-corrected chi connectivity index (χ0v) is 18.5. The van der Waals surface area contributed by atoms with E-state index in [1.807, 2.05) is 0 Å². The van der Waals surface area contributed by atoms with Gasteiger partial charge in [-0.2, -0.15) is 11.8 Å². The van der Waals surface area contributed by atoms with Gasteiger partial charge in [0.25, 0.3) is 0 Å². The molecule has 0 aromatic heterocycles. The monoisotopic (exact) mass is 448 g/mol. The van der Waals surface area contributed by atoms with Gasteiger partial charge >= 0.3 is 11.9 Å². The Morgan fingerprint density at radius 1 is 0.867 bits per heavy atom. The number of nitrogens with one attached hydrogen (secondary N) is 3. The fraction of sp³-hybridized carbons (Fsp3) is 0.722. The van der Waals surface area contributed by atoms with Crippen molar-refractivity contribution in [3.8, 4) is 0 Å². The van der Waals surface area contributed by atoms with E-state index in [2.05, 4.69) is 16.0 Å². The Bertz CT molecular complexity index is 628. The van der Waals surface area contributed by atoms with E-state index in [-0.39, 0.29) is 18.8 Å². The van der Waals surface area contributed by atoms with Gasteiger partial charge in [-0.25, -0.2) is 4.79 Å². The highest BCUT2D eigenvalue weighted by molar-refractivity contribution is 7.98. The molecule has 0 heterocycles. The van der Waals surface area contributed by atoms with Crippen LogP contribution in [0, 0.1) is 5.92 Å². The molecule has 0 aliphatic rings. The van der Waals surface area contributed by atoms with Crippen molar-refractivity contribution in [3.63, 3.8) is 0 Å². The lowest BCUT2D eigenvalue weighted by molar-refractivity contribution is -0.143. The standard InChI is InChI=1S/C18H32N4O7S/c1-9(2)14(22-15(25)10(3)19)17(27)20-11(5-6-13(23)24)16(26)21-12(18(28)29)7-8-30-4/h9-12,14H,5-8,19H2,1-4H3,(H,20,27)(H,21,26)(H,22,25)(H,23,24)(H,28,29). The first-order valence-electron chi connectivity index (χ1n) is 9.50. The van der Waals surface area contributed by atoms with E-state index < -0.39 is 60.2 Å². The van der Waals surface area contributed by atoms with Crippen LogP contribution in [0.15, 0.2) is 0 Å². The van der Waals surface area contributed by atoms with Gasteiger partial charge in [-0.3, -0.25) is 19.2 Å². The number of aliphatic carboxylic acids is 2. The summed E-state index contributed by atoms with van der Waals surface area (Å²) in [4.78, 5) is 59.5. The molecule has 3 amide bonds.